The molecule has 0 N–H and O–H groups in total. The summed E-state index contributed by atoms with van der Waals surface area (Å²) in [5.41, 5.74) is 8.43. The number of fused-ring (bicyclic) bond motifs is 6. The van der Waals surface area contributed by atoms with Gasteiger partial charge in [0, 0.05) is 71.9 Å². The average molecular weight is 602 g/mol. The van der Waals surface area contributed by atoms with Gasteiger partial charge in [-0.05, 0) is 68.9 Å². The van der Waals surface area contributed by atoms with Gasteiger partial charge in [-0.25, -0.2) is 0 Å². The number of benzene rings is 4. The van der Waals surface area contributed by atoms with Crippen molar-refractivity contribution in [1.29, 1.82) is 0 Å². The summed E-state index contributed by atoms with van der Waals surface area (Å²) in [6.07, 6.45) is 0. The Morgan fingerprint density at radius 2 is 1.13 bits per heavy atom. The standard InChI is InChI=1S/C40H47N3O2/c1-9-41(10-2)28-20-22-34-36(24-28)45-37-25-29(42(11-3)12-4)21-23-35(37)40(34)33-19-14-13-16-32(33)39(44)43(40)38-30(26(5)6)17-15-18-31(38)27(7)8/h13-27H,9-12H2,1-8H3. The van der Waals surface area contributed by atoms with E-state index in [9.17, 15) is 0 Å². The number of amides is 1. The maximum atomic E-state index is 15.0. The van der Waals surface area contributed by atoms with Crippen molar-refractivity contribution < 1.29 is 9.53 Å². The summed E-state index contributed by atoms with van der Waals surface area (Å²) in [4.78, 5) is 21.9. The van der Waals surface area contributed by atoms with E-state index < -0.39 is 5.54 Å². The quantitative estimate of drug-likeness (QED) is 0.191. The Kier molecular flexibility index (Phi) is 8.15. The van der Waals surface area contributed by atoms with Gasteiger partial charge in [-0.3, -0.25) is 9.69 Å². The first-order valence-corrected chi connectivity index (χ1v) is 16.8. The maximum absolute atomic E-state index is 15.0. The number of hydrogen-bond donors (Lipinski definition) is 0. The van der Waals surface area contributed by atoms with Crippen LogP contribution in [0.25, 0.3) is 0 Å². The van der Waals surface area contributed by atoms with Gasteiger partial charge >= 0.3 is 0 Å². The number of carbonyl (C=O) groups is 1. The van der Waals surface area contributed by atoms with Crippen LogP contribution in [0.5, 0.6) is 11.5 Å². The van der Waals surface area contributed by atoms with E-state index in [2.05, 4.69) is 137 Å². The van der Waals surface area contributed by atoms with Crippen LogP contribution in [0.1, 0.15) is 105 Å². The van der Waals surface area contributed by atoms with E-state index in [-0.39, 0.29) is 17.7 Å². The van der Waals surface area contributed by atoms with Crippen molar-refractivity contribution in [3.63, 3.8) is 0 Å². The van der Waals surface area contributed by atoms with Crippen LogP contribution >= 0.6 is 0 Å². The molecule has 4 aromatic rings. The molecule has 1 amide bonds. The lowest BCUT2D eigenvalue weighted by atomic mass is 9.74. The van der Waals surface area contributed by atoms with E-state index in [1.807, 2.05) is 12.1 Å². The van der Waals surface area contributed by atoms with Gasteiger partial charge in [0.05, 0.1) is 5.69 Å². The number of rotatable bonds is 9. The van der Waals surface area contributed by atoms with Crippen LogP contribution in [0.15, 0.2) is 78.9 Å². The van der Waals surface area contributed by atoms with Crippen molar-refractivity contribution in [3.8, 4) is 11.5 Å². The first-order chi connectivity index (χ1) is 21.7. The molecule has 2 heterocycles. The molecule has 5 heteroatoms. The van der Waals surface area contributed by atoms with Crippen LogP contribution in [0.2, 0.25) is 0 Å². The van der Waals surface area contributed by atoms with Crippen LogP contribution in [0.3, 0.4) is 0 Å². The van der Waals surface area contributed by atoms with Gasteiger partial charge in [-0.2, -0.15) is 0 Å². The van der Waals surface area contributed by atoms with Crippen LogP contribution in [0.4, 0.5) is 17.1 Å². The minimum Gasteiger partial charge on any atom is -0.456 e. The summed E-state index contributed by atoms with van der Waals surface area (Å²) >= 11 is 0. The molecule has 0 unspecified atom stereocenters. The van der Waals surface area contributed by atoms with Gasteiger partial charge < -0.3 is 14.5 Å². The minimum absolute atomic E-state index is 0.0278. The highest BCUT2D eigenvalue weighted by Gasteiger charge is 2.57. The maximum Gasteiger partial charge on any atom is 0.260 e. The van der Waals surface area contributed by atoms with Crippen LogP contribution < -0.4 is 19.4 Å². The van der Waals surface area contributed by atoms with Crippen molar-refractivity contribution in [3.05, 3.63) is 112 Å². The fourth-order valence-corrected chi connectivity index (χ4v) is 7.57. The van der Waals surface area contributed by atoms with E-state index in [0.29, 0.717) is 0 Å². The summed E-state index contributed by atoms with van der Waals surface area (Å²) in [7, 11) is 0. The van der Waals surface area contributed by atoms with Gasteiger partial charge in [0.25, 0.3) is 5.91 Å². The summed E-state index contributed by atoms with van der Waals surface area (Å²) < 4.78 is 6.92. The highest BCUT2D eigenvalue weighted by molar-refractivity contribution is 6.15. The molecular weight excluding hydrogens is 554 g/mol. The number of para-hydroxylation sites is 1. The Balaban J connectivity index is 1.76. The summed E-state index contributed by atoms with van der Waals surface area (Å²) in [6, 6.07) is 27.9. The van der Waals surface area contributed by atoms with Gasteiger partial charge in [0.2, 0.25) is 0 Å². The van der Waals surface area contributed by atoms with Crippen LogP contribution in [-0.2, 0) is 5.54 Å². The molecule has 5 nitrogen and oxygen atoms in total. The van der Waals surface area contributed by atoms with E-state index in [1.165, 1.54) is 11.1 Å². The first-order valence-electron chi connectivity index (χ1n) is 16.8. The SMILES string of the molecule is CCN(CC)c1ccc2c(c1)Oc1cc(N(CC)CC)ccc1C21c2ccccc2C(=O)N1c1c(C(C)C)cccc1C(C)C. The van der Waals surface area contributed by atoms with E-state index in [4.69, 9.17) is 4.74 Å². The van der Waals surface area contributed by atoms with Gasteiger partial charge in [0.1, 0.15) is 17.0 Å². The average Bonchev–Trinajstić information content (AvgIpc) is 3.30. The van der Waals surface area contributed by atoms with Crippen molar-refractivity contribution >= 4 is 23.0 Å². The lowest BCUT2D eigenvalue weighted by Gasteiger charge is -2.46. The molecule has 0 bridgehead atoms. The van der Waals surface area contributed by atoms with Gasteiger partial charge in [-0.15, -0.1) is 0 Å². The lowest BCUT2D eigenvalue weighted by Crippen LogP contribution is -2.48. The van der Waals surface area contributed by atoms with Crippen LogP contribution in [-0.4, -0.2) is 32.1 Å². The highest BCUT2D eigenvalue weighted by Crippen LogP contribution is 2.60. The third-order valence-electron chi connectivity index (χ3n) is 9.84. The topological polar surface area (TPSA) is 36.0 Å². The zero-order valence-electron chi connectivity index (χ0n) is 28.1. The molecule has 234 valence electrons. The molecule has 0 radical (unpaired) electrons. The molecule has 2 aliphatic heterocycles. The zero-order valence-corrected chi connectivity index (χ0v) is 28.1. The van der Waals surface area contributed by atoms with Crippen LogP contribution in [0, 0.1) is 0 Å². The fraction of sp³-hybridized carbons (Fsp3) is 0.375. The van der Waals surface area contributed by atoms with E-state index in [0.717, 1.165) is 77.0 Å². The Hall–Kier alpha value is -4.25. The first kappa shape index (κ1) is 30.8. The van der Waals surface area contributed by atoms with Gasteiger partial charge in [-0.1, -0.05) is 76.2 Å². The van der Waals surface area contributed by atoms with Crippen molar-refractivity contribution in [2.75, 3.05) is 40.9 Å². The van der Waals surface area contributed by atoms with Crippen molar-refractivity contribution in [1.82, 2.24) is 0 Å². The minimum atomic E-state index is -0.908. The van der Waals surface area contributed by atoms with Gasteiger partial charge in [0.15, 0.2) is 0 Å². The number of ether oxygens (including phenoxy) is 1. The molecule has 0 saturated carbocycles. The second-order valence-corrected chi connectivity index (χ2v) is 12.8. The molecule has 0 fully saturated rings. The number of nitrogens with zero attached hydrogens (tertiary/aromatic N) is 3. The molecular formula is C40H47N3O2. The van der Waals surface area contributed by atoms with E-state index >= 15 is 4.79 Å². The Bertz CT molecular complexity index is 1640. The molecule has 2 aliphatic rings. The molecule has 0 aliphatic carbocycles. The summed E-state index contributed by atoms with van der Waals surface area (Å²) in [6.45, 7) is 21.2. The normalized spacial score (nSPS) is 14.4. The monoisotopic (exact) mass is 601 g/mol. The molecule has 45 heavy (non-hydrogen) atoms. The smallest absolute Gasteiger partial charge is 0.260 e. The van der Waals surface area contributed by atoms with Crippen molar-refractivity contribution in [2.45, 2.75) is 72.8 Å². The Morgan fingerprint density at radius 3 is 1.60 bits per heavy atom. The number of hydrogen-bond acceptors (Lipinski definition) is 4. The summed E-state index contributed by atoms with van der Waals surface area (Å²) in [5, 5.41) is 0. The Morgan fingerprint density at radius 1 is 0.644 bits per heavy atom. The molecule has 0 atom stereocenters. The predicted molar refractivity (Wildman–Crippen MR) is 188 cm³/mol. The third-order valence-corrected chi connectivity index (χ3v) is 9.84. The zero-order chi connectivity index (χ0) is 32.0. The molecule has 0 aromatic heterocycles. The molecule has 6 rings (SSSR count). The molecule has 0 saturated heterocycles. The second kappa shape index (κ2) is 11.9. The fourth-order valence-electron chi connectivity index (χ4n) is 7.57. The summed E-state index contributed by atoms with van der Waals surface area (Å²) in [5.74, 6) is 2.07. The number of carbonyl (C=O) groups excluding carboxylic acids is 1. The third kappa shape index (κ3) is 4.62. The Labute approximate surface area is 269 Å². The second-order valence-electron chi connectivity index (χ2n) is 12.8. The molecule has 1 spiro atoms. The highest BCUT2D eigenvalue weighted by atomic mass is 16.5. The van der Waals surface area contributed by atoms with Crippen molar-refractivity contribution in [2.24, 2.45) is 0 Å². The largest absolute Gasteiger partial charge is 0.456 e. The number of anilines is 3. The van der Waals surface area contributed by atoms with E-state index in [1.54, 1.807) is 0 Å². The lowest BCUT2D eigenvalue weighted by molar-refractivity contribution is 0.0985. The molecule has 4 aromatic carbocycles. The predicted octanol–water partition coefficient (Wildman–Crippen LogP) is 9.68.